The standard InChI is InChI=1S/C6H3F3IN3O5S/c7-6(8,9)18-2-1-3(19(11,16)17)4(10)12-5(2)13(14)15/h1H,(H2,11,16,17). The van der Waals surface area contributed by atoms with Gasteiger partial charge in [-0.15, -0.1) is 13.2 Å². The summed E-state index contributed by atoms with van der Waals surface area (Å²) in [6.07, 6.45) is -5.24. The number of nitro groups is 1. The first-order valence-electron chi connectivity index (χ1n) is 4.05. The molecule has 1 rings (SSSR count). The van der Waals surface area contributed by atoms with Gasteiger partial charge in [-0.25, -0.2) is 13.6 Å². The van der Waals surface area contributed by atoms with Crippen LogP contribution in [0.1, 0.15) is 0 Å². The number of alkyl halides is 3. The smallest absolute Gasteiger partial charge is 0.397 e. The molecule has 0 saturated heterocycles. The highest BCUT2D eigenvalue weighted by atomic mass is 127. The van der Waals surface area contributed by atoms with Crippen LogP contribution in [0.25, 0.3) is 0 Å². The number of aromatic nitrogens is 1. The maximum atomic E-state index is 12.1. The molecule has 0 aliphatic rings. The summed E-state index contributed by atoms with van der Waals surface area (Å²) < 4.78 is 61.2. The van der Waals surface area contributed by atoms with Crippen LogP contribution in [0, 0.1) is 13.8 Å². The van der Waals surface area contributed by atoms with Gasteiger partial charge >= 0.3 is 12.2 Å². The van der Waals surface area contributed by atoms with Crippen LogP contribution >= 0.6 is 22.6 Å². The number of primary sulfonamides is 1. The van der Waals surface area contributed by atoms with E-state index < -0.39 is 41.5 Å². The fourth-order valence-electron chi connectivity index (χ4n) is 0.976. The summed E-state index contributed by atoms with van der Waals surface area (Å²) in [7, 11) is -4.39. The zero-order valence-electron chi connectivity index (χ0n) is 8.51. The summed E-state index contributed by atoms with van der Waals surface area (Å²) in [5.74, 6) is -2.63. The molecule has 0 amide bonds. The van der Waals surface area contributed by atoms with Crippen LogP contribution in [0.5, 0.6) is 5.75 Å². The quantitative estimate of drug-likeness (QED) is 0.343. The minimum absolute atomic E-state index is 0.301. The molecule has 0 aromatic carbocycles. The van der Waals surface area contributed by atoms with Gasteiger partial charge in [0.15, 0.2) is 0 Å². The average Bonchev–Trinajstić information content (AvgIpc) is 2.15. The van der Waals surface area contributed by atoms with Crippen LogP contribution in [0.15, 0.2) is 11.0 Å². The van der Waals surface area contributed by atoms with Crippen molar-refractivity contribution in [1.29, 1.82) is 0 Å². The minimum atomic E-state index is -5.24. The molecule has 0 unspecified atom stereocenters. The van der Waals surface area contributed by atoms with Gasteiger partial charge in [-0.05, 0) is 9.91 Å². The van der Waals surface area contributed by atoms with Gasteiger partial charge in [0.25, 0.3) is 0 Å². The minimum Gasteiger partial charge on any atom is -0.397 e. The number of ether oxygens (including phenoxy) is 1. The summed E-state index contributed by atoms with van der Waals surface area (Å²) in [5.41, 5.74) is 0. The molecule has 0 saturated carbocycles. The Morgan fingerprint density at radius 2 is 2.00 bits per heavy atom. The second kappa shape index (κ2) is 5.04. The largest absolute Gasteiger partial charge is 0.573 e. The predicted molar refractivity (Wildman–Crippen MR) is 61.7 cm³/mol. The van der Waals surface area contributed by atoms with Gasteiger partial charge in [0, 0.05) is 28.7 Å². The molecule has 0 radical (unpaired) electrons. The predicted octanol–water partition coefficient (Wildman–Crippen LogP) is 1.14. The van der Waals surface area contributed by atoms with Crippen LogP contribution in [0.2, 0.25) is 0 Å². The topological polar surface area (TPSA) is 125 Å². The lowest BCUT2D eigenvalue weighted by atomic mass is 10.4. The van der Waals surface area contributed by atoms with Gasteiger partial charge < -0.3 is 14.9 Å². The molecule has 0 aliphatic carbocycles. The van der Waals surface area contributed by atoms with Crippen LogP contribution < -0.4 is 9.88 Å². The maximum Gasteiger partial charge on any atom is 0.573 e. The van der Waals surface area contributed by atoms with Crippen molar-refractivity contribution < 1.29 is 31.2 Å². The van der Waals surface area contributed by atoms with Crippen LogP contribution in [0.4, 0.5) is 19.0 Å². The lowest BCUT2D eigenvalue weighted by molar-refractivity contribution is -0.393. The fourth-order valence-corrected chi connectivity index (χ4v) is 2.83. The van der Waals surface area contributed by atoms with Crippen molar-refractivity contribution in [3.05, 3.63) is 19.9 Å². The zero-order chi connectivity index (χ0) is 15.0. The van der Waals surface area contributed by atoms with Crippen LogP contribution in [0.3, 0.4) is 0 Å². The Kier molecular flexibility index (Phi) is 4.20. The third-order valence-electron chi connectivity index (χ3n) is 1.60. The Morgan fingerprint density at radius 1 is 1.47 bits per heavy atom. The zero-order valence-corrected chi connectivity index (χ0v) is 11.5. The molecule has 8 nitrogen and oxygen atoms in total. The Bertz CT molecular complexity index is 632. The molecular formula is C6H3F3IN3O5S. The van der Waals surface area contributed by atoms with E-state index in [2.05, 4.69) is 9.72 Å². The van der Waals surface area contributed by atoms with Gasteiger partial charge in [0.1, 0.15) is 4.90 Å². The second-order valence-electron chi connectivity index (χ2n) is 2.95. The number of nitrogens with two attached hydrogens (primary N) is 1. The molecule has 106 valence electrons. The van der Waals surface area contributed by atoms with E-state index in [0.717, 1.165) is 0 Å². The van der Waals surface area contributed by atoms with E-state index in [1.165, 1.54) is 22.6 Å². The number of sulfonamides is 1. The first-order chi connectivity index (χ1) is 8.42. The highest BCUT2D eigenvalue weighted by Crippen LogP contribution is 2.33. The number of hydrogen-bond donors (Lipinski definition) is 1. The van der Waals surface area contributed by atoms with Crippen molar-refractivity contribution in [1.82, 2.24) is 4.98 Å². The molecule has 0 spiro atoms. The van der Waals surface area contributed by atoms with E-state index in [4.69, 9.17) is 5.14 Å². The van der Waals surface area contributed by atoms with E-state index in [-0.39, 0.29) is 0 Å². The van der Waals surface area contributed by atoms with Crippen LogP contribution in [-0.4, -0.2) is 24.7 Å². The molecule has 1 aromatic heterocycles. The highest BCUT2D eigenvalue weighted by Gasteiger charge is 2.37. The van der Waals surface area contributed by atoms with Gasteiger partial charge in [-0.1, -0.05) is 0 Å². The molecule has 13 heteroatoms. The first kappa shape index (κ1) is 15.8. The Labute approximate surface area is 117 Å². The number of hydrogen-bond acceptors (Lipinski definition) is 6. The summed E-state index contributed by atoms with van der Waals surface area (Å²) in [5, 5.41) is 15.3. The van der Waals surface area contributed by atoms with Crippen molar-refractivity contribution in [2.45, 2.75) is 11.3 Å². The molecule has 0 atom stereocenters. The average molecular weight is 413 g/mol. The van der Waals surface area contributed by atoms with Gasteiger partial charge in [0.05, 0.1) is 0 Å². The summed E-state index contributed by atoms with van der Waals surface area (Å²) in [6, 6.07) is 0.301. The number of pyridine rings is 1. The molecule has 0 aliphatic heterocycles. The van der Waals surface area contributed by atoms with Crippen molar-refractivity contribution in [2.75, 3.05) is 0 Å². The second-order valence-corrected chi connectivity index (χ2v) is 5.50. The molecule has 0 fully saturated rings. The van der Waals surface area contributed by atoms with Gasteiger partial charge in [0.2, 0.25) is 19.5 Å². The number of halogens is 4. The molecular weight excluding hydrogens is 410 g/mol. The third kappa shape index (κ3) is 4.13. The monoisotopic (exact) mass is 413 g/mol. The summed E-state index contributed by atoms with van der Waals surface area (Å²) in [6.45, 7) is 0. The Balaban J connectivity index is 3.53. The Morgan fingerprint density at radius 3 is 2.37 bits per heavy atom. The summed E-state index contributed by atoms with van der Waals surface area (Å²) >= 11 is 1.29. The Hall–Kier alpha value is -1.22. The highest BCUT2D eigenvalue weighted by molar-refractivity contribution is 14.1. The van der Waals surface area contributed by atoms with Crippen molar-refractivity contribution in [3.63, 3.8) is 0 Å². The van der Waals surface area contributed by atoms with Crippen molar-refractivity contribution in [2.24, 2.45) is 5.14 Å². The first-order valence-corrected chi connectivity index (χ1v) is 6.68. The van der Waals surface area contributed by atoms with E-state index in [1.807, 2.05) is 0 Å². The molecule has 2 N–H and O–H groups in total. The summed E-state index contributed by atoms with van der Waals surface area (Å²) in [4.78, 5) is 11.6. The lowest BCUT2D eigenvalue weighted by Gasteiger charge is -2.09. The third-order valence-corrected chi connectivity index (χ3v) is 3.71. The van der Waals surface area contributed by atoms with Crippen LogP contribution in [-0.2, 0) is 10.0 Å². The van der Waals surface area contributed by atoms with Crippen molar-refractivity contribution in [3.8, 4) is 5.75 Å². The maximum absolute atomic E-state index is 12.1. The molecule has 19 heavy (non-hydrogen) atoms. The number of rotatable bonds is 3. The molecule has 0 bridgehead atoms. The van der Waals surface area contributed by atoms with Gasteiger partial charge in [-0.2, -0.15) is 0 Å². The molecule has 1 heterocycles. The van der Waals surface area contributed by atoms with Gasteiger partial charge in [-0.3, -0.25) is 0 Å². The lowest BCUT2D eigenvalue weighted by Crippen LogP contribution is -2.20. The SMILES string of the molecule is NS(=O)(=O)c1cc(OC(F)(F)F)c([N+](=O)[O-])nc1I. The molecule has 1 aromatic rings. The normalized spacial score (nSPS) is 12.3. The van der Waals surface area contributed by atoms with E-state index in [0.29, 0.717) is 6.07 Å². The van der Waals surface area contributed by atoms with Crippen molar-refractivity contribution >= 4 is 38.4 Å². The fraction of sp³-hybridized carbons (Fsp3) is 0.167. The number of nitrogens with zero attached hydrogens (tertiary/aromatic N) is 2. The van der Waals surface area contributed by atoms with E-state index >= 15 is 0 Å². The van der Waals surface area contributed by atoms with E-state index in [1.54, 1.807) is 0 Å². The van der Waals surface area contributed by atoms with E-state index in [9.17, 15) is 31.7 Å².